The van der Waals surface area contributed by atoms with E-state index in [2.05, 4.69) is 103 Å². The van der Waals surface area contributed by atoms with Gasteiger partial charge in [0.15, 0.2) is 0 Å². The fourth-order valence-electron chi connectivity index (χ4n) is 2.91. The van der Waals surface area contributed by atoms with Crippen molar-refractivity contribution in [1.29, 1.82) is 0 Å². The summed E-state index contributed by atoms with van der Waals surface area (Å²) in [5.41, 5.74) is 3.89. The Morgan fingerprint density at radius 1 is 0.478 bits per heavy atom. The molecule has 0 saturated carbocycles. The van der Waals surface area contributed by atoms with E-state index in [9.17, 15) is 0 Å². The second-order valence-electron chi connectivity index (χ2n) is 6.35. The van der Waals surface area contributed by atoms with Crippen molar-refractivity contribution in [1.82, 2.24) is 0 Å². The molecule has 113 valence electrons. The molecule has 0 unspecified atom stereocenters. The maximum absolute atomic E-state index is 4.29. The minimum atomic E-state index is -2.14. The first-order valence-corrected chi connectivity index (χ1v) is 11.5. The molecule has 0 N–H and O–H groups in total. The normalized spacial score (nSPS) is 11.5. The number of benzene rings is 3. The van der Waals surface area contributed by atoms with E-state index in [0.29, 0.717) is 0 Å². The van der Waals surface area contributed by atoms with E-state index in [4.69, 9.17) is 0 Å². The summed E-state index contributed by atoms with van der Waals surface area (Å²) in [6.45, 7) is 6.41. The van der Waals surface area contributed by atoms with Crippen LogP contribution in [0.2, 0.25) is 0 Å². The van der Waals surface area contributed by atoms with Gasteiger partial charge in [-0.2, -0.15) is 0 Å². The summed E-state index contributed by atoms with van der Waals surface area (Å²) in [5, 5.41) is 4.15. The minimum absolute atomic E-state index is 1.30. The Labute approximate surface area is 143 Å². The molecule has 0 aliphatic carbocycles. The van der Waals surface area contributed by atoms with Gasteiger partial charge in [0, 0.05) is 9.76 Å². The molecule has 0 amide bonds. The van der Waals surface area contributed by atoms with Crippen LogP contribution in [0.4, 0.5) is 0 Å². The molecule has 0 spiro atoms. The van der Waals surface area contributed by atoms with E-state index < -0.39 is 7.59 Å². The highest BCUT2D eigenvalue weighted by Gasteiger charge is 2.33. The molecule has 0 fully saturated rings. The third kappa shape index (κ3) is 3.10. The zero-order valence-electron chi connectivity index (χ0n) is 13.9. The van der Waals surface area contributed by atoms with Crippen LogP contribution in [0.25, 0.3) is 0 Å². The first-order valence-electron chi connectivity index (χ1n) is 7.96. The summed E-state index contributed by atoms with van der Waals surface area (Å²) >= 11 is 0. The van der Waals surface area contributed by atoms with E-state index in [0.717, 1.165) is 0 Å². The molecule has 23 heavy (non-hydrogen) atoms. The molecule has 3 rings (SSSR count). The Balaban J connectivity index is 2.21. The number of hydrogen-bond acceptors (Lipinski definition) is 0. The van der Waals surface area contributed by atoms with Gasteiger partial charge in [-0.1, -0.05) is 105 Å². The van der Waals surface area contributed by atoms with Crippen molar-refractivity contribution in [3.05, 3.63) is 89.5 Å². The molecule has 0 bridgehead atoms. The van der Waals surface area contributed by atoms with Crippen LogP contribution in [0, 0.1) is 20.8 Å². The van der Waals surface area contributed by atoms with Crippen LogP contribution < -0.4 is 15.6 Å². The third-order valence-electron chi connectivity index (χ3n) is 4.45. The van der Waals surface area contributed by atoms with Crippen LogP contribution in [0.3, 0.4) is 0 Å². The maximum Gasteiger partial charge on any atom is 0.130 e. The maximum atomic E-state index is 4.29. The molecule has 0 heterocycles. The predicted octanol–water partition coefficient (Wildman–Crippen LogP) is 2.75. The fourth-order valence-corrected chi connectivity index (χ4v) is 7.41. The van der Waals surface area contributed by atoms with Crippen LogP contribution in [-0.2, 0) is 0 Å². The Morgan fingerprint density at radius 3 is 0.913 bits per heavy atom. The molecule has 2 heteroatoms. The van der Waals surface area contributed by atoms with Crippen LogP contribution in [-0.4, -0.2) is 17.4 Å². The van der Waals surface area contributed by atoms with E-state index in [1.807, 2.05) is 0 Å². The quantitative estimate of drug-likeness (QED) is 0.512. The predicted molar refractivity (Wildman–Crippen MR) is 104 cm³/mol. The Morgan fingerprint density at radius 2 is 0.696 bits per heavy atom. The molecule has 0 aliphatic rings. The molecule has 0 atom stereocenters. The van der Waals surface area contributed by atoms with Crippen LogP contribution in [0.5, 0.6) is 0 Å². The van der Waals surface area contributed by atoms with Crippen molar-refractivity contribution >= 4 is 32.9 Å². The molecule has 0 aliphatic heterocycles. The average molecular weight is 330 g/mol. The van der Waals surface area contributed by atoms with Gasteiger partial charge in [0.2, 0.25) is 0 Å². The number of rotatable bonds is 3. The monoisotopic (exact) mass is 329 g/mol. The van der Waals surface area contributed by atoms with Gasteiger partial charge in [-0.3, -0.25) is 0 Å². The van der Waals surface area contributed by atoms with Gasteiger partial charge in [-0.15, -0.1) is 0 Å². The first kappa shape index (κ1) is 16.0. The summed E-state index contributed by atoms with van der Waals surface area (Å²) in [4.78, 5) is 0. The molecular formula is C21H21Si2. The molecule has 0 saturated heterocycles. The van der Waals surface area contributed by atoms with Crippen LogP contribution in [0.15, 0.2) is 72.8 Å². The summed E-state index contributed by atoms with van der Waals surface area (Å²) in [5.74, 6) is 0. The molecular weight excluding hydrogens is 308 g/mol. The van der Waals surface area contributed by atoms with Crippen molar-refractivity contribution in [2.45, 2.75) is 20.8 Å². The van der Waals surface area contributed by atoms with Gasteiger partial charge in [0.05, 0.1) is 0 Å². The average Bonchev–Trinajstić information content (AvgIpc) is 2.56. The fraction of sp³-hybridized carbons (Fsp3) is 0.143. The second kappa shape index (κ2) is 6.30. The van der Waals surface area contributed by atoms with E-state index in [1.165, 1.54) is 32.3 Å². The van der Waals surface area contributed by atoms with Crippen molar-refractivity contribution in [2.24, 2.45) is 0 Å². The highest BCUT2D eigenvalue weighted by molar-refractivity contribution is 7.38. The van der Waals surface area contributed by atoms with Crippen molar-refractivity contribution in [3.8, 4) is 0 Å². The molecule has 3 radical (unpaired) electrons. The molecule has 0 nitrogen and oxygen atoms in total. The van der Waals surface area contributed by atoms with E-state index in [-0.39, 0.29) is 0 Å². The second-order valence-corrected chi connectivity index (χ2v) is 11.8. The summed E-state index contributed by atoms with van der Waals surface area (Å²) < 4.78 is 0. The minimum Gasteiger partial charge on any atom is -0.0622 e. The summed E-state index contributed by atoms with van der Waals surface area (Å²) in [6, 6.07) is 26.9. The smallest absolute Gasteiger partial charge is 0.0622 e. The number of aryl methyl sites for hydroxylation is 3. The van der Waals surface area contributed by atoms with Crippen molar-refractivity contribution < 1.29 is 0 Å². The Kier molecular flexibility index (Phi) is 4.38. The molecule has 3 aromatic rings. The summed E-state index contributed by atoms with van der Waals surface area (Å²) in [7, 11) is 2.15. The van der Waals surface area contributed by atoms with Gasteiger partial charge in [0.25, 0.3) is 0 Å². The van der Waals surface area contributed by atoms with E-state index in [1.54, 1.807) is 0 Å². The van der Waals surface area contributed by atoms with Crippen LogP contribution in [0.1, 0.15) is 16.7 Å². The topological polar surface area (TPSA) is 0 Å². The summed E-state index contributed by atoms with van der Waals surface area (Å²) in [6.07, 6.45) is 0. The van der Waals surface area contributed by atoms with Gasteiger partial charge < -0.3 is 0 Å². The molecule has 0 aromatic heterocycles. The first-order chi connectivity index (χ1) is 11.0. The lowest BCUT2D eigenvalue weighted by Crippen LogP contribution is -2.68. The SMILES string of the molecule is Cc1ccc([Si]([Si])(c2ccc(C)cc2)c2ccc(C)cc2)cc1. The highest BCUT2D eigenvalue weighted by Crippen LogP contribution is 2.07. The standard InChI is InChI=1S/C21H21Si2/c1-16-4-10-19(11-5-16)23(22,20-12-6-17(2)7-13-20)21-14-8-18(3)9-15-21/h4-15H,1-3H3. The van der Waals surface area contributed by atoms with Gasteiger partial charge in [0.1, 0.15) is 7.59 Å². The van der Waals surface area contributed by atoms with Gasteiger partial charge in [-0.05, 0) is 20.8 Å². The van der Waals surface area contributed by atoms with Crippen LogP contribution >= 0.6 is 0 Å². The van der Waals surface area contributed by atoms with Crippen molar-refractivity contribution in [2.75, 3.05) is 0 Å². The zero-order chi connectivity index (χ0) is 16.4. The highest BCUT2D eigenvalue weighted by atomic mass is 29.2. The van der Waals surface area contributed by atoms with E-state index >= 15 is 0 Å². The largest absolute Gasteiger partial charge is 0.130 e. The molecule has 3 aromatic carbocycles. The zero-order valence-corrected chi connectivity index (χ0v) is 15.9. The van der Waals surface area contributed by atoms with Gasteiger partial charge in [-0.25, -0.2) is 0 Å². The Bertz CT molecular complexity index is 674. The lowest BCUT2D eigenvalue weighted by atomic mass is 10.2. The Hall–Kier alpha value is -1.91. The lowest BCUT2D eigenvalue weighted by molar-refractivity contribution is 1.47. The van der Waals surface area contributed by atoms with Gasteiger partial charge >= 0.3 is 0 Å². The lowest BCUT2D eigenvalue weighted by Gasteiger charge is -2.30. The third-order valence-corrected chi connectivity index (χ3v) is 10.6. The van der Waals surface area contributed by atoms with Crippen molar-refractivity contribution in [3.63, 3.8) is 0 Å². The number of hydrogen-bond donors (Lipinski definition) is 0.